The third-order valence-corrected chi connectivity index (χ3v) is 4.07. The summed E-state index contributed by atoms with van der Waals surface area (Å²) in [7, 11) is 0. The Hall–Kier alpha value is -1.99. The Morgan fingerprint density at radius 1 is 1.40 bits per heavy atom. The van der Waals surface area contributed by atoms with E-state index in [9.17, 15) is 5.11 Å². The monoisotopic (exact) mass is 290 g/mol. The molecule has 0 saturated heterocycles. The van der Waals surface area contributed by atoms with E-state index in [1.165, 1.54) is 0 Å². The molecule has 7 heteroatoms. The zero-order valence-corrected chi connectivity index (χ0v) is 12.0. The third-order valence-electron chi connectivity index (χ3n) is 3.20. The normalized spacial score (nSPS) is 11.2. The lowest BCUT2D eigenvalue weighted by molar-refractivity contribution is 0.277. The van der Waals surface area contributed by atoms with Crippen molar-refractivity contribution >= 4 is 11.3 Å². The van der Waals surface area contributed by atoms with Crippen LogP contribution >= 0.6 is 11.3 Å². The van der Waals surface area contributed by atoms with Crippen LogP contribution in [0.3, 0.4) is 0 Å². The number of hydrogen-bond acceptors (Lipinski definition) is 6. The predicted molar refractivity (Wildman–Crippen MR) is 74.3 cm³/mol. The highest BCUT2D eigenvalue weighted by atomic mass is 32.1. The van der Waals surface area contributed by atoms with Crippen molar-refractivity contribution < 1.29 is 9.63 Å². The number of nitrogens with zero attached hydrogens (tertiary/aromatic N) is 4. The van der Waals surface area contributed by atoms with Crippen LogP contribution in [0.1, 0.15) is 22.7 Å². The lowest BCUT2D eigenvalue weighted by Crippen LogP contribution is -2.05. The van der Waals surface area contributed by atoms with Crippen molar-refractivity contribution in [3.8, 4) is 10.6 Å². The van der Waals surface area contributed by atoms with Crippen LogP contribution in [0.4, 0.5) is 0 Å². The van der Waals surface area contributed by atoms with Gasteiger partial charge in [0.15, 0.2) is 0 Å². The number of rotatable bonds is 4. The summed E-state index contributed by atoms with van der Waals surface area (Å²) in [6.45, 7) is 4.18. The summed E-state index contributed by atoms with van der Waals surface area (Å²) < 4.78 is 6.95. The van der Waals surface area contributed by atoms with Gasteiger partial charge in [-0.3, -0.25) is 0 Å². The maximum absolute atomic E-state index is 9.42. The molecule has 0 unspecified atom stereocenters. The lowest BCUT2D eigenvalue weighted by Gasteiger charge is -2.05. The molecule has 6 nitrogen and oxygen atoms in total. The number of aromatic nitrogens is 4. The van der Waals surface area contributed by atoms with Crippen molar-refractivity contribution in [1.29, 1.82) is 0 Å². The second-order valence-electron chi connectivity index (χ2n) is 4.48. The Balaban J connectivity index is 2.05. The number of hydrogen-bond donors (Lipinski definition) is 1. The molecule has 3 aromatic heterocycles. The van der Waals surface area contributed by atoms with Crippen molar-refractivity contribution in [3.63, 3.8) is 0 Å². The quantitative estimate of drug-likeness (QED) is 0.796. The zero-order valence-electron chi connectivity index (χ0n) is 11.2. The first-order valence-corrected chi connectivity index (χ1v) is 7.07. The van der Waals surface area contributed by atoms with Gasteiger partial charge >= 0.3 is 0 Å². The molecule has 104 valence electrons. The number of aliphatic hydroxyl groups is 1. The van der Waals surface area contributed by atoms with Crippen LogP contribution in [0.2, 0.25) is 0 Å². The number of aryl methyl sites for hydroxylation is 2. The molecule has 0 saturated carbocycles. The highest BCUT2D eigenvalue weighted by Gasteiger charge is 2.18. The summed E-state index contributed by atoms with van der Waals surface area (Å²) in [4.78, 5) is 1.03. The average Bonchev–Trinajstić information content (AvgIpc) is 3.14. The molecule has 0 aliphatic carbocycles. The van der Waals surface area contributed by atoms with Crippen LogP contribution in [0.25, 0.3) is 10.6 Å². The lowest BCUT2D eigenvalue weighted by atomic mass is 10.2. The van der Waals surface area contributed by atoms with Gasteiger partial charge in [0.25, 0.3) is 0 Å². The van der Waals surface area contributed by atoms with Crippen LogP contribution in [0.15, 0.2) is 22.0 Å². The highest BCUT2D eigenvalue weighted by Crippen LogP contribution is 2.28. The molecule has 3 aromatic rings. The highest BCUT2D eigenvalue weighted by molar-refractivity contribution is 7.13. The number of aliphatic hydroxyl groups excluding tert-OH is 1. The van der Waals surface area contributed by atoms with E-state index in [2.05, 4.69) is 15.5 Å². The van der Waals surface area contributed by atoms with Crippen LogP contribution in [0, 0.1) is 13.8 Å². The molecular weight excluding hydrogens is 276 g/mol. The van der Waals surface area contributed by atoms with Crippen molar-refractivity contribution in [1.82, 2.24) is 20.2 Å². The first-order valence-electron chi connectivity index (χ1n) is 6.19. The van der Waals surface area contributed by atoms with E-state index in [4.69, 9.17) is 4.52 Å². The van der Waals surface area contributed by atoms with Gasteiger partial charge in [-0.2, -0.15) is 0 Å². The van der Waals surface area contributed by atoms with Gasteiger partial charge < -0.3 is 9.63 Å². The maximum atomic E-state index is 9.42. The van der Waals surface area contributed by atoms with Gasteiger partial charge in [-0.25, -0.2) is 4.68 Å². The van der Waals surface area contributed by atoms with Crippen LogP contribution in [-0.4, -0.2) is 25.3 Å². The molecule has 0 radical (unpaired) electrons. The maximum Gasteiger partial charge on any atom is 0.138 e. The Morgan fingerprint density at radius 2 is 2.25 bits per heavy atom. The minimum atomic E-state index is -0.130. The molecule has 3 heterocycles. The molecule has 20 heavy (non-hydrogen) atoms. The van der Waals surface area contributed by atoms with E-state index >= 15 is 0 Å². The molecule has 0 fully saturated rings. The molecule has 3 rings (SSSR count). The molecule has 0 atom stereocenters. The summed E-state index contributed by atoms with van der Waals surface area (Å²) in [5.74, 6) is 0.778. The first-order chi connectivity index (χ1) is 9.70. The predicted octanol–water partition coefficient (Wildman–Crippen LogP) is 2.15. The molecule has 0 amide bonds. The first kappa shape index (κ1) is 13.0. The minimum Gasteiger partial charge on any atom is -0.390 e. The van der Waals surface area contributed by atoms with Crippen LogP contribution < -0.4 is 0 Å². The Morgan fingerprint density at radius 3 is 2.85 bits per heavy atom. The fraction of sp³-hybridized carbons (Fsp3) is 0.308. The van der Waals surface area contributed by atoms with Crippen molar-refractivity contribution in [2.75, 3.05) is 0 Å². The molecule has 1 N–H and O–H groups in total. The fourth-order valence-corrected chi connectivity index (χ4v) is 2.92. The molecule has 0 bridgehead atoms. The van der Waals surface area contributed by atoms with Crippen molar-refractivity contribution in [3.05, 3.63) is 40.2 Å². The average molecular weight is 290 g/mol. The van der Waals surface area contributed by atoms with Crippen LogP contribution in [0.5, 0.6) is 0 Å². The fourth-order valence-electron chi connectivity index (χ4n) is 2.13. The van der Waals surface area contributed by atoms with E-state index in [0.29, 0.717) is 12.2 Å². The van der Waals surface area contributed by atoms with Crippen molar-refractivity contribution in [2.24, 2.45) is 0 Å². The molecule has 0 spiro atoms. The van der Waals surface area contributed by atoms with E-state index in [-0.39, 0.29) is 6.61 Å². The molecule has 0 aliphatic heterocycles. The molecule has 0 aromatic carbocycles. The summed E-state index contributed by atoms with van der Waals surface area (Å²) in [5.41, 5.74) is 3.28. The summed E-state index contributed by atoms with van der Waals surface area (Å²) >= 11 is 1.59. The van der Waals surface area contributed by atoms with E-state index in [0.717, 1.165) is 27.6 Å². The van der Waals surface area contributed by atoms with Gasteiger partial charge in [-0.15, -0.1) is 16.4 Å². The summed E-state index contributed by atoms with van der Waals surface area (Å²) in [5, 5.41) is 23.6. The number of thiophene rings is 1. The van der Waals surface area contributed by atoms with E-state index < -0.39 is 0 Å². The summed E-state index contributed by atoms with van der Waals surface area (Å²) in [6.07, 6.45) is 0. The minimum absolute atomic E-state index is 0.130. The topological polar surface area (TPSA) is 77.0 Å². The van der Waals surface area contributed by atoms with Gasteiger partial charge in [-0.05, 0) is 25.3 Å². The van der Waals surface area contributed by atoms with E-state index in [1.807, 2.05) is 31.4 Å². The van der Waals surface area contributed by atoms with Gasteiger partial charge in [-0.1, -0.05) is 16.4 Å². The smallest absolute Gasteiger partial charge is 0.138 e. The second-order valence-corrected chi connectivity index (χ2v) is 5.43. The zero-order chi connectivity index (χ0) is 14.1. The molecular formula is C13H14N4O2S. The SMILES string of the molecule is Cc1noc(C)c1Cn1nnc(CO)c1-c1cccs1. The van der Waals surface area contributed by atoms with Gasteiger partial charge in [0, 0.05) is 5.56 Å². The standard InChI is InChI=1S/C13H14N4O2S/c1-8-10(9(2)19-15-8)6-17-13(11(7-18)14-16-17)12-4-3-5-20-12/h3-5,18H,6-7H2,1-2H3. The van der Waals surface area contributed by atoms with Gasteiger partial charge in [0.2, 0.25) is 0 Å². The van der Waals surface area contributed by atoms with Crippen LogP contribution in [-0.2, 0) is 13.2 Å². The Bertz CT molecular complexity index is 695. The Labute approximate surface area is 119 Å². The van der Waals surface area contributed by atoms with Gasteiger partial charge in [0.05, 0.1) is 23.7 Å². The summed E-state index contributed by atoms with van der Waals surface area (Å²) in [6, 6.07) is 3.96. The largest absolute Gasteiger partial charge is 0.390 e. The van der Waals surface area contributed by atoms with Gasteiger partial charge in [0.1, 0.15) is 17.1 Å². The van der Waals surface area contributed by atoms with Crippen molar-refractivity contribution in [2.45, 2.75) is 27.0 Å². The second kappa shape index (κ2) is 5.18. The third kappa shape index (κ3) is 2.14. The Kier molecular flexibility index (Phi) is 3.37. The molecule has 0 aliphatic rings. The van der Waals surface area contributed by atoms with E-state index in [1.54, 1.807) is 16.0 Å².